The van der Waals surface area contributed by atoms with Crippen LogP contribution in [0.4, 0.5) is 21.0 Å². The molecule has 0 bridgehead atoms. The van der Waals surface area contributed by atoms with Crippen molar-refractivity contribution in [2.45, 2.75) is 347 Å². The van der Waals surface area contributed by atoms with Crippen LogP contribution in [-0.4, -0.2) is 161 Å². The van der Waals surface area contributed by atoms with Crippen molar-refractivity contribution >= 4 is 79.2 Å². The second-order valence-electron chi connectivity index (χ2n) is 36.2. The Hall–Kier alpha value is -5.60. The predicted octanol–water partition coefficient (Wildman–Crippen LogP) is 20.8. The van der Waals surface area contributed by atoms with E-state index in [1.807, 2.05) is 67.9 Å². The Labute approximate surface area is 676 Å². The third kappa shape index (κ3) is 23.8. The van der Waals surface area contributed by atoms with Gasteiger partial charge in [0.15, 0.2) is 0 Å². The number of carbonyl (C=O) groups excluding carboxylic acids is 6. The van der Waals surface area contributed by atoms with Gasteiger partial charge in [0.2, 0.25) is 0 Å². The van der Waals surface area contributed by atoms with E-state index in [2.05, 4.69) is 95.4 Å². The fraction of sp³-hybridized carbons (Fsp3) is 0.644. The van der Waals surface area contributed by atoms with Crippen LogP contribution in [0, 0.1) is 48.2 Å². The van der Waals surface area contributed by atoms with E-state index in [0.717, 1.165) is 18.7 Å². The fourth-order valence-electron chi connectivity index (χ4n) is 18.4. The first-order chi connectivity index (χ1) is 51.7. The number of anilines is 2. The summed E-state index contributed by atoms with van der Waals surface area (Å²) in [5.74, 6) is -1.35. The van der Waals surface area contributed by atoms with Crippen LogP contribution >= 0.6 is 27.3 Å². The predicted molar refractivity (Wildman–Crippen MR) is 451 cm³/mol. The molecule has 1 unspecified atom stereocenters. The molecule has 3 saturated carbocycles. The Morgan fingerprint density at radius 2 is 0.945 bits per heavy atom. The van der Waals surface area contributed by atoms with Crippen LogP contribution in [-0.2, 0) is 51.6 Å². The van der Waals surface area contributed by atoms with Crippen LogP contribution in [0.3, 0.4) is 0 Å². The molecule has 0 N–H and O–H groups in total. The van der Waals surface area contributed by atoms with E-state index in [4.69, 9.17) is 38.3 Å². The summed E-state index contributed by atoms with van der Waals surface area (Å²) in [6, 6.07) is 17.2. The van der Waals surface area contributed by atoms with Gasteiger partial charge in [0, 0.05) is 45.5 Å². The second-order valence-corrected chi connectivity index (χ2v) is 45.3. The normalized spacial score (nSPS) is 24.0. The van der Waals surface area contributed by atoms with Crippen LogP contribution in [0.2, 0.25) is 0 Å². The molecular weight excluding hydrogens is 1530 g/mol. The van der Waals surface area contributed by atoms with Crippen molar-refractivity contribution in [1.82, 2.24) is 19.6 Å². The first kappa shape index (κ1) is 89.9. The van der Waals surface area contributed by atoms with Gasteiger partial charge in [0.05, 0.1) is 29.1 Å². The first-order valence-electron chi connectivity index (χ1n) is 41.1. The molecule has 3 aromatic carbocycles. The summed E-state index contributed by atoms with van der Waals surface area (Å²) >= 11 is -1.61. The maximum atomic E-state index is 13.9. The van der Waals surface area contributed by atoms with Gasteiger partial charge in [-0.15, -0.1) is 13.2 Å². The molecule has 110 heavy (non-hydrogen) atoms. The van der Waals surface area contributed by atoms with E-state index < -0.39 is 77.2 Å². The number of esters is 2. The molecule has 6 atom stereocenters. The second kappa shape index (κ2) is 39.2. The van der Waals surface area contributed by atoms with E-state index in [1.54, 1.807) is 170 Å². The number of likely N-dealkylation sites (tertiary alicyclic amines) is 3. The zero-order valence-electron chi connectivity index (χ0n) is 70.1. The molecule has 16 nitrogen and oxygen atoms in total. The summed E-state index contributed by atoms with van der Waals surface area (Å²) in [6.07, 6.45) is 34.4. The van der Waals surface area contributed by atoms with Gasteiger partial charge in [-0.05, 0) is 275 Å². The standard InChI is InChI=1S/C23H36N2O5.C21H32N2O5.C21H27N2.C18H33P.C7H6.2ClH.Ru/c1-9-16-12-13-17(18(26)29-21(3,4)5)25(16)19(27)23(10-2)14-11-15-24(23)20(28)30-22(6,7)8;1-19(2,3)27-16(24)15-9-8-14-10-12-21(17(25)23(14)15)11-7-13-22(21)18(26)28-20(4,5)6;1-14-9-16(3)20(17(4)10-14)22-7-8-23(13-22)21-18(5)11-15(2)12-19(21)6;1-4-10-16(11-5-1)19(17-12-6-2-7-13-17)18-14-8-3-9-15-18;1-7-5-3-2-4-6-7;;;/h9-10,16-17H,1-2,11-15H2,3-8H3;10,12,14-15H,7-9,11,13H2,1-6H3;9-13H,7-8H2,1-6H3;16-18H,1-15H2;1-6H;2*1H;/q;;-1;;;;;+2/p-1/t16-,17?,23+;14-,15-,21+;;;;;;/m10....../s1. The molecule has 9 aliphatic rings. The zero-order chi connectivity index (χ0) is 80.8. The van der Waals surface area contributed by atoms with Crippen LogP contribution < -0.4 is 9.80 Å². The average molecular weight is 1660 g/mol. The number of fused-ring (bicyclic) bond motifs is 1. The maximum absolute atomic E-state index is 13.9. The summed E-state index contributed by atoms with van der Waals surface area (Å²) in [5, 5.41) is 0. The molecule has 612 valence electrons. The molecule has 20 heteroatoms. The molecule has 6 aliphatic heterocycles. The number of hydrogen-bond donors (Lipinski definition) is 0. The van der Waals surface area contributed by atoms with Crippen molar-refractivity contribution in [3.63, 3.8) is 0 Å². The number of nitrogens with zero attached hydrogens (tertiary/aromatic N) is 6. The molecule has 4 amide bonds. The Bertz CT molecular complexity index is 3570. The third-order valence-corrected chi connectivity index (χ3v) is 29.1. The van der Waals surface area contributed by atoms with Gasteiger partial charge in [0.1, 0.15) is 45.6 Å². The van der Waals surface area contributed by atoms with Gasteiger partial charge in [-0.2, -0.15) is 6.67 Å². The number of ether oxygens (including phenoxy) is 4. The number of benzene rings is 3. The number of halogens is 2. The summed E-state index contributed by atoms with van der Waals surface area (Å²) in [4.78, 5) is 89.7. The number of rotatable bonds is 11. The quantitative estimate of drug-likeness (QED) is 0.0447. The molecule has 0 aromatic heterocycles. The Morgan fingerprint density at radius 1 is 0.527 bits per heavy atom. The van der Waals surface area contributed by atoms with Crippen molar-refractivity contribution in [1.29, 1.82) is 0 Å². The minimum atomic E-state index is -1.61. The number of hydrogen-bond acceptors (Lipinski definition) is 12. The Morgan fingerprint density at radius 3 is 1.37 bits per heavy atom. The molecule has 3 aromatic rings. The summed E-state index contributed by atoms with van der Waals surface area (Å²) in [7, 11) is 11.3. The van der Waals surface area contributed by atoms with Crippen molar-refractivity contribution < 1.29 is 61.2 Å². The van der Waals surface area contributed by atoms with Gasteiger partial charge in [-0.3, -0.25) is 19.4 Å². The molecule has 8 fully saturated rings. The van der Waals surface area contributed by atoms with E-state index in [-0.39, 0.29) is 37.8 Å². The monoisotopic (exact) mass is 1660 g/mol. The van der Waals surface area contributed by atoms with E-state index in [1.165, 1.54) is 82.5 Å². The van der Waals surface area contributed by atoms with E-state index in [0.29, 0.717) is 64.5 Å². The molecule has 0 radical (unpaired) electrons. The van der Waals surface area contributed by atoms with Gasteiger partial charge < -0.3 is 38.5 Å². The van der Waals surface area contributed by atoms with Crippen molar-refractivity contribution in [3.8, 4) is 0 Å². The molecule has 3 aliphatic carbocycles. The molecular formula is C90H135Cl2N6O10PRu. The van der Waals surface area contributed by atoms with Crippen LogP contribution in [0.1, 0.15) is 270 Å². The zero-order valence-corrected chi connectivity index (χ0v) is 74.3. The summed E-state index contributed by atoms with van der Waals surface area (Å²) in [6.45, 7) is 47.7. The van der Waals surface area contributed by atoms with Gasteiger partial charge in [-0.1, -0.05) is 79.0 Å². The number of carbonyl (C=O) groups is 6. The summed E-state index contributed by atoms with van der Waals surface area (Å²) < 4.78 is 24.1. The van der Waals surface area contributed by atoms with Crippen molar-refractivity contribution in [3.05, 3.63) is 138 Å². The van der Waals surface area contributed by atoms with Crippen LogP contribution in [0.25, 0.3) is 0 Å². The third-order valence-electron chi connectivity index (χ3n) is 22.6. The minimum absolute atomic E-state index is 0.0465. The number of amides is 4. The Balaban J connectivity index is 0.000000178. The van der Waals surface area contributed by atoms with Crippen molar-refractivity contribution in [2.24, 2.45) is 0 Å². The van der Waals surface area contributed by atoms with Crippen molar-refractivity contribution in [2.75, 3.05) is 36.0 Å². The molecule has 12 rings (SSSR count). The van der Waals surface area contributed by atoms with Crippen LogP contribution in [0.15, 0.2) is 92.1 Å². The fourth-order valence-corrected chi connectivity index (χ4v) is 25.5. The van der Waals surface area contributed by atoms with E-state index >= 15 is 0 Å². The van der Waals surface area contributed by atoms with Gasteiger partial charge in [0.25, 0.3) is 11.8 Å². The summed E-state index contributed by atoms with van der Waals surface area (Å²) in [5.41, 5.74) is 10.7. The van der Waals surface area contributed by atoms with E-state index in [9.17, 15) is 28.8 Å². The topological polar surface area (TPSA) is 159 Å². The molecule has 1 spiro atoms. The van der Waals surface area contributed by atoms with Crippen LogP contribution in [0.5, 0.6) is 0 Å². The SMILES string of the molecule is C1CCC([PH+](C2CCCCC2)C2CCCCC2)CC1.C=C[C@@H]1CCC(C(=O)OC(C)(C)C)N1C(=O)[C@]1(C=C)CCCN1C(=O)OC(C)(C)C.CC(C)(C)OC(=O)[C@@H]1CC[C@H]2C=C[C@]3(CCCN3C(=O)OC(C)(C)C)C(=O)N21.Cc1cc(C)c(N2[CH-]N(c3c(C)cc(C)cc3C)CC2)c(C)c1.[Cl][Ru]([Cl])=[CH]c1ccccc1. The molecule has 5 saturated heterocycles. The van der Waals surface area contributed by atoms with Gasteiger partial charge in [-0.25, -0.2) is 19.2 Å². The molecule has 6 heterocycles. The average Bonchev–Trinajstić information content (AvgIpc) is 1.55. The van der Waals surface area contributed by atoms with Gasteiger partial charge >= 0.3 is 97.5 Å². The first-order valence-corrected chi connectivity index (χ1v) is 48.3. The Kier molecular flexibility index (Phi) is 32.0. The number of aryl methyl sites for hydroxylation is 6.